The number of hydrogen-bond donors (Lipinski definition) is 1. The number of amides is 1. The Bertz CT molecular complexity index is 1660. The summed E-state index contributed by atoms with van der Waals surface area (Å²) in [6.45, 7) is 6.77. The first kappa shape index (κ1) is 34.6. The van der Waals surface area contributed by atoms with Crippen molar-refractivity contribution in [2.45, 2.75) is 57.5 Å². The summed E-state index contributed by atoms with van der Waals surface area (Å²) in [4.78, 5) is 27.7. The normalized spacial score (nSPS) is 13.1. The van der Waals surface area contributed by atoms with Gasteiger partial charge in [0.05, 0.1) is 28.3 Å². The SMILES string of the molecule is CC(=O)OC(C)O/N=[N+](\[O-])N(C)C(C)(C)COC(=O)NS(=O)(=O)c1ccc(-n2nc(C(F)(F)F)cc2-c2ccc(C)cc2)cc1. The van der Waals surface area contributed by atoms with Gasteiger partial charge in [-0.25, -0.2) is 22.6 Å². The van der Waals surface area contributed by atoms with Crippen LogP contribution in [0, 0.1) is 12.1 Å². The molecular formula is C27H31F3N6O8S. The second-order valence-electron chi connectivity index (χ2n) is 10.3. The molecule has 0 radical (unpaired) electrons. The zero-order chi connectivity index (χ0) is 33.7. The van der Waals surface area contributed by atoms with Crippen LogP contribution in [0.1, 0.15) is 39.0 Å². The molecule has 45 heavy (non-hydrogen) atoms. The lowest BCUT2D eigenvalue weighted by Gasteiger charge is -2.30. The summed E-state index contributed by atoms with van der Waals surface area (Å²) >= 11 is 0. The van der Waals surface area contributed by atoms with Gasteiger partial charge in [-0.1, -0.05) is 29.8 Å². The van der Waals surface area contributed by atoms with Gasteiger partial charge in [0.1, 0.15) is 12.1 Å². The molecule has 3 aromatic rings. The minimum Gasteiger partial charge on any atom is -0.569 e. The van der Waals surface area contributed by atoms with Crippen LogP contribution in [0.5, 0.6) is 0 Å². The third-order valence-corrected chi connectivity index (χ3v) is 7.57. The Morgan fingerprint density at radius 3 is 2.29 bits per heavy atom. The summed E-state index contributed by atoms with van der Waals surface area (Å²) in [6.07, 6.45) is -7.23. The number of aryl methyl sites for hydroxylation is 1. The molecule has 1 N–H and O–H groups in total. The molecule has 0 fully saturated rings. The molecule has 0 aliphatic rings. The van der Waals surface area contributed by atoms with Crippen LogP contribution < -0.4 is 4.72 Å². The molecule has 1 aromatic heterocycles. The van der Waals surface area contributed by atoms with E-state index < -0.39 is 52.4 Å². The molecule has 18 heteroatoms. The molecule has 0 saturated carbocycles. The fourth-order valence-corrected chi connectivity index (χ4v) is 4.49. The maximum absolute atomic E-state index is 13.5. The summed E-state index contributed by atoms with van der Waals surface area (Å²) in [6, 6.07) is 12.3. The molecule has 0 aliphatic carbocycles. The third-order valence-electron chi connectivity index (χ3n) is 6.24. The first-order valence-corrected chi connectivity index (χ1v) is 14.6. The van der Waals surface area contributed by atoms with Crippen molar-refractivity contribution in [3.63, 3.8) is 0 Å². The Morgan fingerprint density at radius 1 is 1.13 bits per heavy atom. The van der Waals surface area contributed by atoms with Gasteiger partial charge < -0.3 is 14.7 Å². The van der Waals surface area contributed by atoms with E-state index in [1.807, 2.05) is 6.92 Å². The Balaban J connectivity index is 1.71. The number of nitrogens with one attached hydrogen (secondary N) is 1. The van der Waals surface area contributed by atoms with Crippen molar-refractivity contribution in [1.82, 2.24) is 19.5 Å². The number of likely N-dealkylation sites (N-methyl/N-ethyl adjacent to an activating group) is 1. The zero-order valence-corrected chi connectivity index (χ0v) is 25.8. The standard InChI is InChI=1S/C27H31F3N6O8S/c1-17-7-9-20(10-8-17)23-15-24(27(28,29)30)31-35(23)21-11-13-22(14-12-21)45(40,41)32-25(38)42-16-26(4,5)34(6)36(39)33-44-19(3)43-18(2)37/h7-15,19H,16H2,1-6H3,(H,32,38)/b36-33-. The van der Waals surface area contributed by atoms with E-state index in [4.69, 9.17) is 9.57 Å². The first-order valence-electron chi connectivity index (χ1n) is 13.1. The van der Waals surface area contributed by atoms with E-state index in [2.05, 4.69) is 15.1 Å². The minimum absolute atomic E-state index is 0.0150. The number of hydrogen-bond acceptors (Lipinski definition) is 10. The van der Waals surface area contributed by atoms with Crippen molar-refractivity contribution >= 4 is 22.1 Å². The molecule has 2 aromatic carbocycles. The number of benzene rings is 2. The second kappa shape index (κ2) is 13.4. The number of hydrazine groups is 1. The molecule has 0 bridgehead atoms. The Hall–Kier alpha value is -4.87. The number of ether oxygens (including phenoxy) is 2. The summed E-state index contributed by atoms with van der Waals surface area (Å²) in [5.41, 5.74) is -0.747. The van der Waals surface area contributed by atoms with Crippen molar-refractivity contribution in [2.24, 2.45) is 5.28 Å². The first-order chi connectivity index (χ1) is 20.8. The predicted molar refractivity (Wildman–Crippen MR) is 151 cm³/mol. The summed E-state index contributed by atoms with van der Waals surface area (Å²) in [7, 11) is -3.19. The lowest BCUT2D eigenvalue weighted by atomic mass is 10.1. The summed E-state index contributed by atoms with van der Waals surface area (Å²) < 4.78 is 78.6. The van der Waals surface area contributed by atoms with Gasteiger partial charge in [-0.15, -0.1) is 5.01 Å². The molecule has 1 amide bonds. The number of carbonyl (C=O) groups is 2. The fraction of sp³-hybridized carbons (Fsp3) is 0.370. The van der Waals surface area contributed by atoms with Gasteiger partial charge in [-0.2, -0.15) is 18.3 Å². The van der Waals surface area contributed by atoms with Crippen LogP contribution in [0.4, 0.5) is 18.0 Å². The molecule has 244 valence electrons. The van der Waals surface area contributed by atoms with E-state index in [0.717, 1.165) is 40.4 Å². The van der Waals surface area contributed by atoms with Gasteiger partial charge in [0, 0.05) is 19.4 Å². The average molecular weight is 657 g/mol. The highest BCUT2D eigenvalue weighted by atomic mass is 32.2. The fourth-order valence-electron chi connectivity index (χ4n) is 3.59. The smallest absolute Gasteiger partial charge is 0.435 e. The van der Waals surface area contributed by atoms with Gasteiger partial charge in [0.15, 0.2) is 5.69 Å². The molecule has 1 atom stereocenters. The summed E-state index contributed by atoms with van der Waals surface area (Å²) in [5, 5.41) is 20.1. The maximum Gasteiger partial charge on any atom is 0.435 e. The molecule has 0 spiro atoms. The average Bonchev–Trinajstić information content (AvgIpc) is 3.41. The molecule has 1 unspecified atom stereocenters. The highest BCUT2D eigenvalue weighted by Crippen LogP contribution is 2.33. The van der Waals surface area contributed by atoms with Crippen LogP contribution in [0.2, 0.25) is 0 Å². The van der Waals surface area contributed by atoms with Gasteiger partial charge in [0.25, 0.3) is 16.3 Å². The maximum atomic E-state index is 13.5. The van der Waals surface area contributed by atoms with Crippen LogP contribution in [-0.2, 0) is 35.3 Å². The topological polar surface area (TPSA) is 167 Å². The van der Waals surface area contributed by atoms with E-state index in [-0.39, 0.29) is 21.2 Å². The van der Waals surface area contributed by atoms with Gasteiger partial charge >= 0.3 is 18.2 Å². The highest BCUT2D eigenvalue weighted by Gasteiger charge is 2.36. The number of halogens is 3. The summed E-state index contributed by atoms with van der Waals surface area (Å²) in [5.74, 6) is -0.654. The van der Waals surface area contributed by atoms with Crippen molar-refractivity contribution in [3.8, 4) is 16.9 Å². The lowest BCUT2D eigenvalue weighted by molar-refractivity contribution is -0.722. The van der Waals surface area contributed by atoms with Crippen molar-refractivity contribution < 1.29 is 50.5 Å². The van der Waals surface area contributed by atoms with Crippen LogP contribution in [0.15, 0.2) is 64.8 Å². The molecule has 0 aliphatic heterocycles. The van der Waals surface area contributed by atoms with E-state index in [0.29, 0.717) is 5.56 Å². The van der Waals surface area contributed by atoms with E-state index >= 15 is 0 Å². The molecule has 14 nitrogen and oxygen atoms in total. The number of rotatable bonds is 11. The van der Waals surface area contributed by atoms with Crippen LogP contribution in [0.3, 0.4) is 0 Å². The predicted octanol–water partition coefficient (Wildman–Crippen LogP) is 4.71. The molecule has 0 saturated heterocycles. The van der Waals surface area contributed by atoms with Gasteiger partial charge in [-0.3, -0.25) is 9.63 Å². The number of aromatic nitrogens is 2. The molecular weight excluding hydrogens is 625 g/mol. The van der Waals surface area contributed by atoms with Crippen LogP contribution in [0.25, 0.3) is 16.9 Å². The Morgan fingerprint density at radius 2 is 1.73 bits per heavy atom. The molecule has 1 heterocycles. The zero-order valence-electron chi connectivity index (χ0n) is 25.0. The number of sulfonamides is 1. The van der Waals surface area contributed by atoms with Gasteiger partial charge in [0.2, 0.25) is 5.28 Å². The van der Waals surface area contributed by atoms with Crippen LogP contribution >= 0.6 is 0 Å². The van der Waals surface area contributed by atoms with E-state index in [1.54, 1.807) is 29.0 Å². The van der Waals surface area contributed by atoms with E-state index in [9.17, 15) is 36.4 Å². The van der Waals surface area contributed by atoms with Crippen molar-refractivity contribution in [3.05, 3.63) is 71.1 Å². The third kappa shape index (κ3) is 9.07. The molecule has 3 rings (SSSR count). The van der Waals surface area contributed by atoms with Crippen molar-refractivity contribution in [1.29, 1.82) is 0 Å². The quantitative estimate of drug-likeness (QED) is 0.100. The largest absolute Gasteiger partial charge is 0.569 e. The number of alkyl halides is 3. The highest BCUT2D eigenvalue weighted by molar-refractivity contribution is 7.90. The number of carbonyl (C=O) groups excluding carboxylic acids is 2. The monoisotopic (exact) mass is 656 g/mol. The Kier molecular flexibility index (Phi) is 10.3. The van der Waals surface area contributed by atoms with Gasteiger partial charge in [-0.05, 0) is 51.1 Å². The van der Waals surface area contributed by atoms with Crippen molar-refractivity contribution in [2.75, 3.05) is 13.7 Å². The Labute approximate surface area is 256 Å². The minimum atomic E-state index is -4.72. The number of nitrogens with zero attached hydrogens (tertiary/aromatic N) is 5. The van der Waals surface area contributed by atoms with E-state index in [1.165, 1.54) is 40.0 Å². The lowest BCUT2D eigenvalue weighted by Crippen LogP contribution is -2.49. The second-order valence-corrected chi connectivity index (χ2v) is 12.0. The number of esters is 1. The van der Waals surface area contributed by atoms with Crippen LogP contribution in [-0.4, -0.2) is 65.7 Å².